The van der Waals surface area contributed by atoms with Gasteiger partial charge in [0.1, 0.15) is 5.75 Å². The fourth-order valence-electron chi connectivity index (χ4n) is 5.79. The van der Waals surface area contributed by atoms with Crippen molar-refractivity contribution in [3.63, 3.8) is 0 Å². The van der Waals surface area contributed by atoms with Gasteiger partial charge in [0.25, 0.3) is 11.8 Å². The number of fused-ring (bicyclic) bond motifs is 1. The number of phenolic OH excluding ortho intramolecular Hbond substituents is 1. The Bertz CT molecular complexity index is 1600. The Hall–Kier alpha value is -4.38. The van der Waals surface area contributed by atoms with E-state index in [0.29, 0.717) is 41.9 Å². The number of ether oxygens (including phenoxy) is 2. The first-order valence-corrected chi connectivity index (χ1v) is 14.5. The zero-order chi connectivity index (χ0) is 30.8. The Morgan fingerprint density at radius 1 is 0.864 bits per heavy atom. The monoisotopic (exact) mass is 594 g/mol. The molecule has 9 heteroatoms. The van der Waals surface area contributed by atoms with Crippen molar-refractivity contribution in [3.05, 3.63) is 130 Å². The molecule has 4 aromatic rings. The number of phenols is 1. The van der Waals surface area contributed by atoms with Crippen molar-refractivity contribution in [2.75, 3.05) is 25.0 Å². The first kappa shape index (κ1) is 29.7. The van der Waals surface area contributed by atoms with E-state index >= 15 is 0 Å². The quantitative estimate of drug-likeness (QED) is 0.234. The summed E-state index contributed by atoms with van der Waals surface area (Å²) in [4.78, 5) is 29.1. The van der Waals surface area contributed by atoms with E-state index in [1.165, 1.54) is 4.90 Å². The maximum atomic E-state index is 13.0. The van der Waals surface area contributed by atoms with Crippen molar-refractivity contribution >= 4 is 17.5 Å². The molecule has 4 aromatic carbocycles. The Morgan fingerprint density at radius 2 is 1.52 bits per heavy atom. The molecule has 2 heterocycles. The Kier molecular flexibility index (Phi) is 8.56. The van der Waals surface area contributed by atoms with Crippen molar-refractivity contribution in [2.45, 2.75) is 37.6 Å². The molecule has 2 aliphatic rings. The first-order valence-electron chi connectivity index (χ1n) is 14.5. The lowest BCUT2D eigenvalue weighted by Gasteiger charge is -2.38. The van der Waals surface area contributed by atoms with Crippen LogP contribution in [0.15, 0.2) is 97.1 Å². The molecule has 0 saturated carbocycles. The molecule has 0 radical (unpaired) electrons. The summed E-state index contributed by atoms with van der Waals surface area (Å²) < 4.78 is 12.9. The minimum atomic E-state index is -0.792. The smallest absolute Gasteiger partial charge is 0.266 e. The maximum Gasteiger partial charge on any atom is 0.266 e. The highest BCUT2D eigenvalue weighted by Crippen LogP contribution is 2.39. The van der Waals surface area contributed by atoms with Gasteiger partial charge in [-0.25, -0.2) is 4.90 Å². The van der Waals surface area contributed by atoms with Gasteiger partial charge < -0.3 is 29.7 Å². The zero-order valence-corrected chi connectivity index (χ0v) is 24.2. The Balaban J connectivity index is 1.20. The standard InChI is InChI=1S/C35H34N2O7/c1-36(20-31(40)25-5-4-6-27(39)17-25)19-28-18-32(23-11-9-22(21-38)10-12-23)44-35(43-28)24-13-15-26(16-14-24)37-33(41)29-7-2-3-8-30(29)34(37)42/h2-17,28,31-32,35,38-40H,18-21H2,1H3/t28-,31+,32+,35+/m0/s1. The van der Waals surface area contributed by atoms with Crippen LogP contribution in [0, 0.1) is 0 Å². The predicted molar refractivity (Wildman–Crippen MR) is 163 cm³/mol. The molecule has 0 aliphatic carbocycles. The summed E-state index contributed by atoms with van der Waals surface area (Å²) in [6, 6.07) is 28.0. The second kappa shape index (κ2) is 12.7. The number of carbonyl (C=O) groups is 2. The van der Waals surface area contributed by atoms with Gasteiger partial charge in [-0.1, -0.05) is 60.7 Å². The molecule has 2 aliphatic heterocycles. The minimum Gasteiger partial charge on any atom is -0.508 e. The van der Waals surface area contributed by atoms with Crippen molar-refractivity contribution in [2.24, 2.45) is 0 Å². The van der Waals surface area contributed by atoms with Crippen molar-refractivity contribution < 1.29 is 34.4 Å². The Morgan fingerprint density at radius 3 is 2.16 bits per heavy atom. The number of imide groups is 1. The van der Waals surface area contributed by atoms with Gasteiger partial charge in [-0.15, -0.1) is 0 Å². The summed E-state index contributed by atoms with van der Waals surface area (Å²) in [6.07, 6.45) is -1.51. The molecule has 0 aromatic heterocycles. The molecular formula is C35H34N2O7. The number of aliphatic hydroxyl groups excluding tert-OH is 2. The number of carbonyl (C=O) groups excluding carboxylic acids is 2. The molecule has 0 spiro atoms. The number of amides is 2. The van der Waals surface area contributed by atoms with Gasteiger partial charge in [0.15, 0.2) is 6.29 Å². The van der Waals surface area contributed by atoms with Gasteiger partial charge in [0, 0.05) is 25.1 Å². The van der Waals surface area contributed by atoms with E-state index in [1.54, 1.807) is 72.8 Å². The van der Waals surface area contributed by atoms with Crippen molar-refractivity contribution in [1.82, 2.24) is 4.90 Å². The van der Waals surface area contributed by atoms with Crippen LogP contribution >= 0.6 is 0 Å². The van der Waals surface area contributed by atoms with Gasteiger partial charge in [0.05, 0.1) is 41.7 Å². The minimum absolute atomic E-state index is 0.0497. The van der Waals surface area contributed by atoms with Gasteiger partial charge in [-0.2, -0.15) is 0 Å². The number of hydrogen-bond acceptors (Lipinski definition) is 8. The van der Waals surface area contributed by atoms with Gasteiger partial charge >= 0.3 is 0 Å². The SMILES string of the molecule is CN(C[C@@H]1C[C@H](c2ccc(CO)cc2)O[C@H](c2ccc(N3C(=O)c4ccccc4C3=O)cc2)O1)C[C@@H](O)c1cccc(O)c1. The summed E-state index contributed by atoms with van der Waals surface area (Å²) in [5.74, 6) is -0.610. The van der Waals surface area contributed by atoms with E-state index in [1.807, 2.05) is 36.2 Å². The highest BCUT2D eigenvalue weighted by molar-refractivity contribution is 6.34. The predicted octanol–water partition coefficient (Wildman–Crippen LogP) is 4.90. The maximum absolute atomic E-state index is 13.0. The average molecular weight is 595 g/mol. The summed E-state index contributed by atoms with van der Waals surface area (Å²) in [5.41, 5.74) is 4.35. The summed E-state index contributed by atoms with van der Waals surface area (Å²) in [7, 11) is 1.90. The molecule has 4 atom stereocenters. The van der Waals surface area contributed by atoms with Crippen LogP contribution in [0.2, 0.25) is 0 Å². The van der Waals surface area contributed by atoms with Gasteiger partial charge in [-0.3, -0.25) is 9.59 Å². The number of rotatable bonds is 9. The van der Waals surface area contributed by atoms with Crippen LogP contribution in [-0.2, 0) is 16.1 Å². The van der Waals surface area contributed by atoms with Crippen LogP contribution in [0.3, 0.4) is 0 Å². The molecule has 2 amide bonds. The molecule has 1 saturated heterocycles. The van der Waals surface area contributed by atoms with Gasteiger partial charge in [-0.05, 0) is 60.1 Å². The molecule has 0 bridgehead atoms. The molecule has 0 unspecified atom stereocenters. The van der Waals surface area contributed by atoms with Crippen LogP contribution in [-0.4, -0.2) is 58.3 Å². The molecule has 3 N–H and O–H groups in total. The number of nitrogens with zero attached hydrogens (tertiary/aromatic N) is 2. The highest BCUT2D eigenvalue weighted by atomic mass is 16.7. The molecule has 226 valence electrons. The summed E-state index contributed by atoms with van der Waals surface area (Å²) in [6.45, 7) is 0.791. The second-order valence-electron chi connectivity index (χ2n) is 11.3. The molecule has 6 rings (SSSR count). The number of hydrogen-bond donors (Lipinski definition) is 3. The third kappa shape index (κ3) is 6.14. The summed E-state index contributed by atoms with van der Waals surface area (Å²) in [5, 5.41) is 30.1. The fourth-order valence-corrected chi connectivity index (χ4v) is 5.79. The molecule has 9 nitrogen and oxygen atoms in total. The summed E-state index contributed by atoms with van der Waals surface area (Å²) >= 11 is 0. The third-order valence-electron chi connectivity index (χ3n) is 8.09. The van der Waals surface area contributed by atoms with E-state index in [-0.39, 0.29) is 36.4 Å². The van der Waals surface area contributed by atoms with Crippen LogP contribution < -0.4 is 4.90 Å². The van der Waals surface area contributed by atoms with Crippen LogP contribution in [0.25, 0.3) is 0 Å². The Labute approximate surface area is 255 Å². The third-order valence-corrected chi connectivity index (χ3v) is 8.09. The normalized spacial score (nSPS) is 20.6. The zero-order valence-electron chi connectivity index (χ0n) is 24.2. The number of aromatic hydroxyl groups is 1. The largest absolute Gasteiger partial charge is 0.508 e. The van der Waals surface area contributed by atoms with E-state index in [0.717, 1.165) is 16.7 Å². The van der Waals surface area contributed by atoms with Crippen LogP contribution in [0.5, 0.6) is 5.75 Å². The highest BCUT2D eigenvalue weighted by Gasteiger charge is 2.37. The lowest BCUT2D eigenvalue weighted by molar-refractivity contribution is -0.252. The topological polar surface area (TPSA) is 120 Å². The van der Waals surface area contributed by atoms with Gasteiger partial charge in [0.2, 0.25) is 0 Å². The average Bonchev–Trinajstić information content (AvgIpc) is 3.30. The van der Waals surface area contributed by atoms with Crippen molar-refractivity contribution in [3.8, 4) is 5.75 Å². The van der Waals surface area contributed by atoms with E-state index < -0.39 is 12.4 Å². The number of likely N-dealkylation sites (N-methyl/N-ethyl adjacent to an activating group) is 1. The van der Waals surface area contributed by atoms with E-state index in [4.69, 9.17) is 9.47 Å². The first-order chi connectivity index (χ1) is 21.3. The van der Waals surface area contributed by atoms with Crippen molar-refractivity contribution in [1.29, 1.82) is 0 Å². The second-order valence-corrected chi connectivity index (χ2v) is 11.3. The number of aliphatic hydroxyl groups is 2. The number of anilines is 1. The molecular weight excluding hydrogens is 560 g/mol. The lowest BCUT2D eigenvalue weighted by Crippen LogP contribution is -2.39. The van der Waals surface area contributed by atoms with Crippen LogP contribution in [0.4, 0.5) is 5.69 Å². The fraction of sp³-hybridized carbons (Fsp3) is 0.257. The molecule has 1 fully saturated rings. The lowest BCUT2D eigenvalue weighted by atomic mass is 9.99. The van der Waals surface area contributed by atoms with Crippen LogP contribution in [0.1, 0.15) is 67.9 Å². The van der Waals surface area contributed by atoms with E-state index in [2.05, 4.69) is 0 Å². The number of benzene rings is 4. The molecule has 44 heavy (non-hydrogen) atoms. The van der Waals surface area contributed by atoms with E-state index in [9.17, 15) is 24.9 Å².